The molecule has 2 aromatic rings. The van der Waals surface area contributed by atoms with E-state index in [1.165, 1.54) is 51.7 Å². The van der Waals surface area contributed by atoms with E-state index in [-0.39, 0.29) is 22.4 Å². The summed E-state index contributed by atoms with van der Waals surface area (Å²) in [6, 6.07) is 7.04. The predicted octanol–water partition coefficient (Wildman–Crippen LogP) is 1.42. The van der Waals surface area contributed by atoms with E-state index >= 15 is 0 Å². The molecule has 9 heteroatoms. The first kappa shape index (κ1) is 18.9. The molecule has 144 valence electrons. The fourth-order valence-corrected chi connectivity index (χ4v) is 2.77. The normalized spacial score (nSPS) is 12.8. The van der Waals surface area contributed by atoms with E-state index in [1.807, 2.05) is 5.32 Å². The van der Waals surface area contributed by atoms with Gasteiger partial charge in [-0.05, 0) is 30.3 Å². The number of hydrogen-bond donors (Lipinski definition) is 2. The number of imide groups is 1. The molecule has 0 aliphatic carbocycles. The minimum atomic E-state index is -1.01. The summed E-state index contributed by atoms with van der Waals surface area (Å²) in [4.78, 5) is 47.9. The number of nitrogens with one attached hydrogen (secondary N) is 2. The van der Waals surface area contributed by atoms with Crippen LogP contribution in [0.3, 0.4) is 0 Å². The Morgan fingerprint density at radius 1 is 0.857 bits per heavy atom. The van der Waals surface area contributed by atoms with Crippen molar-refractivity contribution in [2.75, 3.05) is 26.6 Å². The highest BCUT2D eigenvalue weighted by Gasteiger charge is 2.30. The van der Waals surface area contributed by atoms with E-state index in [2.05, 4.69) is 5.32 Å². The molecule has 0 unspecified atom stereocenters. The van der Waals surface area contributed by atoms with Crippen molar-refractivity contribution in [1.29, 1.82) is 0 Å². The Hall–Kier alpha value is -3.88. The van der Waals surface area contributed by atoms with Gasteiger partial charge in [-0.2, -0.15) is 0 Å². The molecule has 2 aromatic carbocycles. The lowest BCUT2D eigenvalue weighted by Crippen LogP contribution is -2.42. The summed E-state index contributed by atoms with van der Waals surface area (Å²) in [5.41, 5.74) is 0.451. The van der Waals surface area contributed by atoms with Crippen LogP contribution < -0.4 is 24.8 Å². The largest absolute Gasteiger partial charge is 0.493 e. The van der Waals surface area contributed by atoms with Gasteiger partial charge < -0.3 is 19.5 Å². The van der Waals surface area contributed by atoms with Crippen molar-refractivity contribution in [2.45, 2.75) is 0 Å². The van der Waals surface area contributed by atoms with Crippen LogP contribution in [0.1, 0.15) is 31.1 Å². The number of ether oxygens (including phenoxy) is 3. The molecule has 0 spiro atoms. The standard InChI is InChI=1S/C19H16N2O7/c1-26-13-6-9(7-14(27-2)16(13)28-3)17(23)20-10-4-5-11-12(8-10)15(22)19(25)21-18(11)24/h4-8H,1-3H3,(H,20,23)(H,21,24,25). The number of Topliss-reactive ketones (excluding diaryl/α,β-unsaturated/α-hetero) is 1. The fourth-order valence-electron chi connectivity index (χ4n) is 2.77. The maximum Gasteiger partial charge on any atom is 0.299 e. The number of carbonyl (C=O) groups excluding carboxylic acids is 4. The highest BCUT2D eigenvalue weighted by Crippen LogP contribution is 2.38. The van der Waals surface area contributed by atoms with Crippen molar-refractivity contribution in [3.63, 3.8) is 0 Å². The maximum atomic E-state index is 12.6. The van der Waals surface area contributed by atoms with Crippen molar-refractivity contribution in [1.82, 2.24) is 5.32 Å². The predicted molar refractivity (Wildman–Crippen MR) is 97.3 cm³/mol. The van der Waals surface area contributed by atoms with Gasteiger partial charge >= 0.3 is 0 Å². The van der Waals surface area contributed by atoms with Crippen LogP contribution in [0.4, 0.5) is 5.69 Å². The zero-order chi connectivity index (χ0) is 20.4. The molecule has 0 bridgehead atoms. The summed E-state index contributed by atoms with van der Waals surface area (Å²) < 4.78 is 15.7. The monoisotopic (exact) mass is 384 g/mol. The van der Waals surface area contributed by atoms with Crippen LogP contribution in [0.25, 0.3) is 0 Å². The van der Waals surface area contributed by atoms with Gasteiger partial charge in [0.25, 0.3) is 23.5 Å². The molecular formula is C19H16N2O7. The molecule has 0 radical (unpaired) electrons. The summed E-state index contributed by atoms with van der Waals surface area (Å²) in [5.74, 6) is -2.10. The number of anilines is 1. The summed E-state index contributed by atoms with van der Waals surface area (Å²) in [7, 11) is 4.30. The molecule has 0 fully saturated rings. The number of fused-ring (bicyclic) bond motifs is 1. The smallest absolute Gasteiger partial charge is 0.299 e. The second-order valence-corrected chi connectivity index (χ2v) is 5.74. The van der Waals surface area contributed by atoms with Gasteiger partial charge in [-0.15, -0.1) is 0 Å². The van der Waals surface area contributed by atoms with Gasteiger partial charge in [0.1, 0.15) is 0 Å². The Kier molecular flexibility index (Phi) is 4.99. The number of methoxy groups -OCH3 is 3. The van der Waals surface area contributed by atoms with Gasteiger partial charge in [0.05, 0.1) is 26.9 Å². The van der Waals surface area contributed by atoms with Crippen LogP contribution in [0, 0.1) is 0 Å². The van der Waals surface area contributed by atoms with Crippen LogP contribution in [0.15, 0.2) is 30.3 Å². The fraction of sp³-hybridized carbons (Fsp3) is 0.158. The molecule has 1 heterocycles. The molecule has 3 amide bonds. The zero-order valence-corrected chi connectivity index (χ0v) is 15.2. The highest BCUT2D eigenvalue weighted by atomic mass is 16.5. The van der Waals surface area contributed by atoms with Crippen molar-refractivity contribution >= 4 is 29.2 Å². The minimum absolute atomic E-state index is 0.0652. The minimum Gasteiger partial charge on any atom is -0.493 e. The van der Waals surface area contributed by atoms with E-state index in [0.717, 1.165) is 0 Å². The molecule has 0 aromatic heterocycles. The molecule has 3 rings (SSSR count). The van der Waals surface area contributed by atoms with Crippen LogP contribution in [-0.2, 0) is 4.79 Å². The molecule has 9 nitrogen and oxygen atoms in total. The van der Waals surface area contributed by atoms with E-state index in [9.17, 15) is 19.2 Å². The number of rotatable bonds is 5. The quantitative estimate of drug-likeness (QED) is 0.591. The summed E-state index contributed by atoms with van der Waals surface area (Å²) in [6.45, 7) is 0. The lowest BCUT2D eigenvalue weighted by molar-refractivity contribution is -0.116. The molecule has 1 aliphatic rings. The van der Waals surface area contributed by atoms with Crippen LogP contribution >= 0.6 is 0 Å². The van der Waals surface area contributed by atoms with Crippen LogP contribution in [0.5, 0.6) is 17.2 Å². The first-order valence-corrected chi connectivity index (χ1v) is 8.05. The summed E-state index contributed by atoms with van der Waals surface area (Å²) in [6.07, 6.45) is 0. The Bertz CT molecular complexity index is 988. The van der Waals surface area contributed by atoms with Gasteiger partial charge in [-0.3, -0.25) is 24.5 Å². The van der Waals surface area contributed by atoms with Crippen molar-refractivity contribution in [3.05, 3.63) is 47.0 Å². The van der Waals surface area contributed by atoms with E-state index < -0.39 is 23.5 Å². The molecule has 0 saturated heterocycles. The summed E-state index contributed by atoms with van der Waals surface area (Å²) in [5, 5.41) is 4.57. The molecule has 0 saturated carbocycles. The lowest BCUT2D eigenvalue weighted by Gasteiger charge is -2.16. The zero-order valence-electron chi connectivity index (χ0n) is 15.2. The highest BCUT2D eigenvalue weighted by molar-refractivity contribution is 6.49. The molecular weight excluding hydrogens is 368 g/mol. The van der Waals surface area contributed by atoms with Crippen LogP contribution in [-0.4, -0.2) is 44.8 Å². The average molecular weight is 384 g/mol. The van der Waals surface area contributed by atoms with Gasteiger partial charge in [-0.25, -0.2) is 0 Å². The van der Waals surface area contributed by atoms with Crippen molar-refractivity contribution in [2.24, 2.45) is 0 Å². The topological polar surface area (TPSA) is 120 Å². The van der Waals surface area contributed by atoms with E-state index in [0.29, 0.717) is 17.2 Å². The molecule has 28 heavy (non-hydrogen) atoms. The third-order valence-electron chi connectivity index (χ3n) is 4.13. The van der Waals surface area contributed by atoms with Gasteiger partial charge in [0, 0.05) is 16.8 Å². The Balaban J connectivity index is 1.93. The molecule has 2 N–H and O–H groups in total. The second kappa shape index (κ2) is 7.39. The third-order valence-corrected chi connectivity index (χ3v) is 4.13. The first-order valence-electron chi connectivity index (χ1n) is 8.05. The van der Waals surface area contributed by atoms with E-state index in [4.69, 9.17) is 14.2 Å². The van der Waals surface area contributed by atoms with Gasteiger partial charge in [0.2, 0.25) is 5.75 Å². The molecule has 0 atom stereocenters. The Morgan fingerprint density at radius 2 is 1.50 bits per heavy atom. The van der Waals surface area contributed by atoms with Crippen LogP contribution in [0.2, 0.25) is 0 Å². The first-order chi connectivity index (χ1) is 13.4. The lowest BCUT2D eigenvalue weighted by atomic mass is 9.98. The third kappa shape index (κ3) is 3.25. The number of amides is 3. The number of hydrogen-bond acceptors (Lipinski definition) is 7. The number of carbonyl (C=O) groups is 4. The number of ketones is 1. The Morgan fingerprint density at radius 3 is 2.07 bits per heavy atom. The van der Waals surface area contributed by atoms with Crippen molar-refractivity contribution in [3.8, 4) is 17.2 Å². The summed E-state index contributed by atoms with van der Waals surface area (Å²) >= 11 is 0. The number of benzene rings is 2. The average Bonchev–Trinajstić information content (AvgIpc) is 2.70. The second-order valence-electron chi connectivity index (χ2n) is 5.74. The van der Waals surface area contributed by atoms with Gasteiger partial charge in [0.15, 0.2) is 11.5 Å². The Labute approximate surface area is 159 Å². The maximum absolute atomic E-state index is 12.6. The van der Waals surface area contributed by atoms with Crippen molar-refractivity contribution < 1.29 is 33.4 Å². The molecule has 1 aliphatic heterocycles. The SMILES string of the molecule is COc1cc(C(=O)Nc2ccc3c(c2)C(=O)C(=O)NC3=O)cc(OC)c1OC. The van der Waals surface area contributed by atoms with E-state index in [1.54, 1.807) is 0 Å². The van der Waals surface area contributed by atoms with Gasteiger partial charge in [-0.1, -0.05) is 0 Å².